The molecule has 0 spiro atoms. The van der Waals surface area contributed by atoms with E-state index in [0.29, 0.717) is 0 Å². The molecule has 1 aliphatic carbocycles. The summed E-state index contributed by atoms with van der Waals surface area (Å²) in [6, 6.07) is 0.813. The maximum atomic E-state index is 3.54. The quantitative estimate of drug-likeness (QED) is 0.695. The predicted octanol–water partition coefficient (Wildman–Crippen LogP) is 1.47. The summed E-state index contributed by atoms with van der Waals surface area (Å²) in [7, 11) is 2.29. The average Bonchev–Trinajstić information content (AvgIpc) is 2.23. The molecule has 0 aromatic rings. The van der Waals surface area contributed by atoms with E-state index in [0.717, 1.165) is 12.0 Å². The Morgan fingerprint density at radius 1 is 1.31 bits per heavy atom. The third-order valence-corrected chi connectivity index (χ3v) is 3.70. The molecule has 1 aliphatic heterocycles. The second kappa shape index (κ2) is 4.43. The minimum atomic E-state index is 0.813. The van der Waals surface area contributed by atoms with Gasteiger partial charge < -0.3 is 10.2 Å². The van der Waals surface area contributed by atoms with Crippen LogP contribution >= 0.6 is 0 Å². The molecule has 1 heterocycles. The maximum Gasteiger partial charge on any atom is 0.0220 e. The van der Waals surface area contributed by atoms with E-state index < -0.39 is 0 Å². The number of nitrogens with zero attached hydrogens (tertiary/aromatic N) is 1. The van der Waals surface area contributed by atoms with Crippen molar-refractivity contribution < 1.29 is 0 Å². The van der Waals surface area contributed by atoms with Crippen LogP contribution in [0.4, 0.5) is 0 Å². The first kappa shape index (κ1) is 9.47. The van der Waals surface area contributed by atoms with Gasteiger partial charge in [-0.15, -0.1) is 0 Å². The van der Waals surface area contributed by atoms with Crippen LogP contribution in [0.1, 0.15) is 32.1 Å². The Bertz CT molecular complexity index is 154. The van der Waals surface area contributed by atoms with E-state index in [1.54, 1.807) is 0 Å². The van der Waals surface area contributed by atoms with E-state index in [-0.39, 0.29) is 0 Å². The molecule has 0 amide bonds. The van der Waals surface area contributed by atoms with Gasteiger partial charge in [0.05, 0.1) is 0 Å². The molecule has 0 radical (unpaired) electrons. The Hall–Kier alpha value is -0.0800. The lowest BCUT2D eigenvalue weighted by atomic mass is 9.80. The lowest BCUT2D eigenvalue weighted by Gasteiger charge is -2.33. The van der Waals surface area contributed by atoms with Crippen LogP contribution in [0.5, 0.6) is 0 Å². The van der Waals surface area contributed by atoms with Gasteiger partial charge in [-0.2, -0.15) is 0 Å². The van der Waals surface area contributed by atoms with Crippen molar-refractivity contribution in [3.05, 3.63) is 0 Å². The van der Waals surface area contributed by atoms with E-state index in [1.165, 1.54) is 51.7 Å². The third-order valence-electron chi connectivity index (χ3n) is 3.70. The Morgan fingerprint density at radius 2 is 2.15 bits per heavy atom. The minimum Gasteiger partial charge on any atom is -0.315 e. The Kier molecular flexibility index (Phi) is 3.23. The zero-order chi connectivity index (χ0) is 9.10. The molecule has 2 heteroatoms. The summed E-state index contributed by atoms with van der Waals surface area (Å²) in [6.45, 7) is 3.71. The fourth-order valence-corrected chi connectivity index (χ4v) is 2.44. The molecule has 2 rings (SSSR count). The van der Waals surface area contributed by atoms with Gasteiger partial charge in [-0.3, -0.25) is 0 Å². The average molecular weight is 182 g/mol. The van der Waals surface area contributed by atoms with Crippen molar-refractivity contribution in [3.8, 4) is 0 Å². The lowest BCUT2D eigenvalue weighted by molar-refractivity contribution is 0.179. The highest BCUT2D eigenvalue weighted by molar-refractivity contribution is 4.81. The first-order chi connectivity index (χ1) is 6.36. The van der Waals surface area contributed by atoms with E-state index in [1.807, 2.05) is 0 Å². The van der Waals surface area contributed by atoms with Crippen molar-refractivity contribution in [1.82, 2.24) is 10.2 Å². The summed E-state index contributed by atoms with van der Waals surface area (Å²) in [5, 5.41) is 3.54. The molecule has 0 aromatic heterocycles. The van der Waals surface area contributed by atoms with Crippen molar-refractivity contribution in [1.29, 1.82) is 0 Å². The van der Waals surface area contributed by atoms with Gasteiger partial charge in [0, 0.05) is 12.6 Å². The minimum absolute atomic E-state index is 0.813. The number of nitrogens with one attached hydrogen (secondary N) is 1. The molecule has 0 aromatic carbocycles. The number of hydrogen-bond acceptors (Lipinski definition) is 2. The molecule has 2 nitrogen and oxygen atoms in total. The number of rotatable bonds is 2. The fourth-order valence-electron chi connectivity index (χ4n) is 2.44. The van der Waals surface area contributed by atoms with E-state index >= 15 is 0 Å². The van der Waals surface area contributed by atoms with Crippen LogP contribution in [-0.4, -0.2) is 37.6 Å². The first-order valence-corrected chi connectivity index (χ1v) is 5.77. The summed E-state index contributed by atoms with van der Waals surface area (Å²) >= 11 is 0. The van der Waals surface area contributed by atoms with Crippen LogP contribution in [-0.2, 0) is 0 Å². The Labute approximate surface area is 81.7 Å². The number of likely N-dealkylation sites (N-methyl/N-ethyl adjacent to an activating group) is 1. The smallest absolute Gasteiger partial charge is 0.0220 e. The van der Waals surface area contributed by atoms with E-state index in [2.05, 4.69) is 17.3 Å². The van der Waals surface area contributed by atoms with Crippen molar-refractivity contribution in [2.45, 2.75) is 38.1 Å². The second-order valence-corrected chi connectivity index (χ2v) is 4.72. The van der Waals surface area contributed by atoms with Crippen molar-refractivity contribution in [3.63, 3.8) is 0 Å². The highest BCUT2D eigenvalue weighted by Gasteiger charge is 2.24. The molecule has 1 unspecified atom stereocenters. The largest absolute Gasteiger partial charge is 0.315 e. The fraction of sp³-hybridized carbons (Fsp3) is 1.00. The van der Waals surface area contributed by atoms with Gasteiger partial charge in [0.25, 0.3) is 0 Å². The normalized spacial score (nSPS) is 32.5. The molecular weight excluding hydrogens is 160 g/mol. The summed E-state index contributed by atoms with van der Waals surface area (Å²) in [6.07, 6.45) is 7.21. The summed E-state index contributed by atoms with van der Waals surface area (Å²) in [5.74, 6) is 1.05. The predicted molar refractivity (Wildman–Crippen MR) is 55.9 cm³/mol. The lowest BCUT2D eigenvalue weighted by Crippen LogP contribution is -2.39. The monoisotopic (exact) mass is 182 g/mol. The second-order valence-electron chi connectivity index (χ2n) is 4.72. The highest BCUT2D eigenvalue weighted by Crippen LogP contribution is 2.31. The SMILES string of the molecule is CN1CCCNCC1CC1CCC1. The maximum absolute atomic E-state index is 3.54. The van der Waals surface area contributed by atoms with Gasteiger partial charge in [-0.25, -0.2) is 0 Å². The van der Waals surface area contributed by atoms with Crippen LogP contribution < -0.4 is 5.32 Å². The van der Waals surface area contributed by atoms with Gasteiger partial charge in [-0.05, 0) is 38.9 Å². The molecule has 1 saturated carbocycles. The van der Waals surface area contributed by atoms with Gasteiger partial charge in [-0.1, -0.05) is 19.3 Å². The molecule has 13 heavy (non-hydrogen) atoms. The van der Waals surface area contributed by atoms with Gasteiger partial charge in [0.1, 0.15) is 0 Å². The summed E-state index contributed by atoms with van der Waals surface area (Å²) in [5.41, 5.74) is 0. The molecule has 1 N–H and O–H groups in total. The van der Waals surface area contributed by atoms with Gasteiger partial charge >= 0.3 is 0 Å². The van der Waals surface area contributed by atoms with Crippen LogP contribution in [0.15, 0.2) is 0 Å². The molecular formula is C11H22N2. The first-order valence-electron chi connectivity index (χ1n) is 5.77. The van der Waals surface area contributed by atoms with Gasteiger partial charge in [0.15, 0.2) is 0 Å². The topological polar surface area (TPSA) is 15.3 Å². The summed E-state index contributed by atoms with van der Waals surface area (Å²) in [4.78, 5) is 2.55. The van der Waals surface area contributed by atoms with Crippen LogP contribution in [0.3, 0.4) is 0 Å². The van der Waals surface area contributed by atoms with Crippen LogP contribution in [0.2, 0.25) is 0 Å². The summed E-state index contributed by atoms with van der Waals surface area (Å²) < 4.78 is 0. The molecule has 1 saturated heterocycles. The zero-order valence-corrected chi connectivity index (χ0v) is 8.76. The molecule has 2 aliphatic rings. The van der Waals surface area contributed by atoms with Crippen molar-refractivity contribution in [2.24, 2.45) is 5.92 Å². The molecule has 76 valence electrons. The Morgan fingerprint density at radius 3 is 2.85 bits per heavy atom. The third kappa shape index (κ3) is 2.44. The van der Waals surface area contributed by atoms with Gasteiger partial charge in [0.2, 0.25) is 0 Å². The molecule has 2 fully saturated rings. The Balaban J connectivity index is 1.79. The standard InChI is InChI=1S/C11H22N2/c1-13-7-3-6-12-9-11(13)8-10-4-2-5-10/h10-12H,2-9H2,1H3. The zero-order valence-electron chi connectivity index (χ0n) is 8.76. The highest BCUT2D eigenvalue weighted by atomic mass is 15.2. The van der Waals surface area contributed by atoms with Crippen LogP contribution in [0.25, 0.3) is 0 Å². The van der Waals surface area contributed by atoms with Crippen LogP contribution in [0, 0.1) is 5.92 Å². The van der Waals surface area contributed by atoms with E-state index in [4.69, 9.17) is 0 Å². The van der Waals surface area contributed by atoms with Crippen molar-refractivity contribution in [2.75, 3.05) is 26.7 Å². The molecule has 0 bridgehead atoms. The van der Waals surface area contributed by atoms with E-state index in [9.17, 15) is 0 Å². The van der Waals surface area contributed by atoms with Crippen molar-refractivity contribution >= 4 is 0 Å². The molecule has 1 atom stereocenters. The number of hydrogen-bond donors (Lipinski definition) is 1.